The predicted octanol–water partition coefficient (Wildman–Crippen LogP) is 1.29. The molecule has 0 aliphatic rings. The highest BCUT2D eigenvalue weighted by atomic mass is 16.6. The SMILES string of the molecule is O=C([O-])c1ccc(C(=O)OCCOc2ccccc2)cc1. The summed E-state index contributed by atoms with van der Waals surface area (Å²) in [5, 5.41) is 10.6. The number of hydrogen-bond donors (Lipinski definition) is 0. The molecule has 0 radical (unpaired) electrons. The van der Waals surface area contributed by atoms with Crippen LogP contribution in [0, 0.1) is 0 Å². The lowest BCUT2D eigenvalue weighted by molar-refractivity contribution is -0.255. The fourth-order valence-electron chi connectivity index (χ4n) is 1.64. The van der Waals surface area contributed by atoms with Crippen molar-refractivity contribution < 1.29 is 24.2 Å². The van der Waals surface area contributed by atoms with Gasteiger partial charge in [0.25, 0.3) is 0 Å². The Kier molecular flexibility index (Phi) is 4.93. The standard InChI is InChI=1S/C16H14O5/c17-15(18)12-6-8-13(9-7-12)16(19)21-11-10-20-14-4-2-1-3-5-14/h1-9H,10-11H2,(H,17,18)/p-1. The van der Waals surface area contributed by atoms with Crippen molar-refractivity contribution in [2.75, 3.05) is 13.2 Å². The molecule has 0 unspecified atom stereocenters. The number of carbonyl (C=O) groups is 2. The predicted molar refractivity (Wildman–Crippen MR) is 73.0 cm³/mol. The van der Waals surface area contributed by atoms with Crippen LogP contribution in [0.15, 0.2) is 54.6 Å². The van der Waals surface area contributed by atoms with E-state index in [1.165, 1.54) is 24.3 Å². The fourth-order valence-corrected chi connectivity index (χ4v) is 1.64. The number of esters is 1. The molecule has 0 atom stereocenters. The molecule has 0 fully saturated rings. The van der Waals surface area contributed by atoms with Crippen molar-refractivity contribution >= 4 is 11.9 Å². The first-order valence-electron chi connectivity index (χ1n) is 6.33. The monoisotopic (exact) mass is 285 g/mol. The van der Waals surface area contributed by atoms with Gasteiger partial charge in [0.05, 0.1) is 11.5 Å². The zero-order valence-electron chi connectivity index (χ0n) is 11.2. The lowest BCUT2D eigenvalue weighted by Gasteiger charge is -2.08. The molecule has 2 aromatic rings. The summed E-state index contributed by atoms with van der Waals surface area (Å²) >= 11 is 0. The van der Waals surface area contributed by atoms with Gasteiger partial charge in [0.2, 0.25) is 0 Å². The summed E-state index contributed by atoms with van der Waals surface area (Å²) in [5.41, 5.74) is 0.290. The number of aromatic carboxylic acids is 1. The Labute approximate surface area is 121 Å². The largest absolute Gasteiger partial charge is 0.545 e. The van der Waals surface area contributed by atoms with Crippen molar-refractivity contribution in [1.29, 1.82) is 0 Å². The van der Waals surface area contributed by atoms with Crippen molar-refractivity contribution in [3.05, 3.63) is 65.7 Å². The average molecular weight is 285 g/mol. The first-order chi connectivity index (χ1) is 10.2. The van der Waals surface area contributed by atoms with Crippen LogP contribution in [-0.2, 0) is 4.74 Å². The number of rotatable bonds is 6. The summed E-state index contributed by atoms with van der Waals surface area (Å²) in [5.74, 6) is -1.12. The van der Waals surface area contributed by atoms with E-state index in [4.69, 9.17) is 9.47 Å². The second kappa shape index (κ2) is 7.09. The Balaban J connectivity index is 1.78. The molecule has 0 saturated carbocycles. The average Bonchev–Trinajstić information content (AvgIpc) is 2.52. The molecule has 0 heterocycles. The van der Waals surface area contributed by atoms with Gasteiger partial charge < -0.3 is 19.4 Å². The van der Waals surface area contributed by atoms with Crippen LogP contribution in [0.5, 0.6) is 5.75 Å². The van der Waals surface area contributed by atoms with Crippen molar-refractivity contribution in [3.8, 4) is 5.75 Å². The Morgan fingerprint density at radius 2 is 1.48 bits per heavy atom. The normalized spacial score (nSPS) is 9.90. The third-order valence-electron chi connectivity index (χ3n) is 2.68. The number of hydrogen-bond acceptors (Lipinski definition) is 5. The third-order valence-corrected chi connectivity index (χ3v) is 2.68. The summed E-state index contributed by atoms with van der Waals surface area (Å²) in [7, 11) is 0. The van der Waals surface area contributed by atoms with Crippen LogP contribution < -0.4 is 9.84 Å². The van der Waals surface area contributed by atoms with Crippen LogP contribution >= 0.6 is 0 Å². The molecule has 0 saturated heterocycles. The van der Waals surface area contributed by atoms with Gasteiger partial charge in [0, 0.05) is 0 Å². The number of para-hydroxylation sites is 1. The molecule has 0 spiro atoms. The highest BCUT2D eigenvalue weighted by molar-refractivity contribution is 5.91. The smallest absolute Gasteiger partial charge is 0.338 e. The van der Waals surface area contributed by atoms with Gasteiger partial charge in [-0.1, -0.05) is 30.3 Å². The zero-order valence-corrected chi connectivity index (χ0v) is 11.2. The van der Waals surface area contributed by atoms with E-state index in [-0.39, 0.29) is 24.3 Å². The van der Waals surface area contributed by atoms with E-state index in [1.807, 2.05) is 18.2 Å². The highest BCUT2D eigenvalue weighted by Gasteiger charge is 2.07. The van der Waals surface area contributed by atoms with E-state index < -0.39 is 11.9 Å². The Hall–Kier alpha value is -2.82. The molecule has 0 amide bonds. The first-order valence-corrected chi connectivity index (χ1v) is 6.33. The maximum atomic E-state index is 11.7. The minimum Gasteiger partial charge on any atom is -0.545 e. The Bertz CT molecular complexity index is 604. The van der Waals surface area contributed by atoms with Crippen LogP contribution in [-0.4, -0.2) is 25.2 Å². The summed E-state index contributed by atoms with van der Waals surface area (Å²) < 4.78 is 10.4. The van der Waals surface area contributed by atoms with Gasteiger partial charge in [-0.2, -0.15) is 0 Å². The summed E-state index contributed by atoms with van der Waals surface area (Å²) in [6, 6.07) is 14.5. The number of benzene rings is 2. The fraction of sp³-hybridized carbons (Fsp3) is 0.125. The van der Waals surface area contributed by atoms with Gasteiger partial charge in [-0.15, -0.1) is 0 Å². The topological polar surface area (TPSA) is 75.7 Å². The number of carboxylic acids is 1. The Morgan fingerprint density at radius 1 is 0.857 bits per heavy atom. The highest BCUT2D eigenvalue weighted by Crippen LogP contribution is 2.08. The molecular formula is C16H13O5-. The molecule has 2 aromatic carbocycles. The molecule has 21 heavy (non-hydrogen) atoms. The quantitative estimate of drug-likeness (QED) is 0.590. The minimum atomic E-state index is -1.29. The van der Waals surface area contributed by atoms with Gasteiger partial charge >= 0.3 is 5.97 Å². The maximum Gasteiger partial charge on any atom is 0.338 e. The van der Waals surface area contributed by atoms with Crippen LogP contribution in [0.25, 0.3) is 0 Å². The van der Waals surface area contributed by atoms with E-state index in [0.717, 1.165) is 0 Å². The van der Waals surface area contributed by atoms with E-state index in [1.54, 1.807) is 12.1 Å². The van der Waals surface area contributed by atoms with E-state index in [0.29, 0.717) is 5.75 Å². The number of carbonyl (C=O) groups excluding carboxylic acids is 2. The molecule has 5 nitrogen and oxygen atoms in total. The van der Waals surface area contributed by atoms with E-state index in [2.05, 4.69) is 0 Å². The second-order valence-corrected chi connectivity index (χ2v) is 4.16. The molecule has 0 aromatic heterocycles. The number of carboxylic acid groups (broad SMARTS) is 1. The van der Waals surface area contributed by atoms with Gasteiger partial charge in [-0.05, 0) is 29.8 Å². The van der Waals surface area contributed by atoms with Gasteiger partial charge in [-0.25, -0.2) is 4.79 Å². The molecule has 108 valence electrons. The number of ether oxygens (including phenoxy) is 2. The van der Waals surface area contributed by atoms with Crippen LogP contribution in [0.1, 0.15) is 20.7 Å². The minimum absolute atomic E-state index is 0.0129. The first kappa shape index (κ1) is 14.6. The van der Waals surface area contributed by atoms with Crippen molar-refractivity contribution in [3.63, 3.8) is 0 Å². The van der Waals surface area contributed by atoms with E-state index in [9.17, 15) is 14.7 Å². The third kappa shape index (κ3) is 4.35. The van der Waals surface area contributed by atoms with Crippen LogP contribution in [0.2, 0.25) is 0 Å². The molecular weight excluding hydrogens is 272 g/mol. The summed E-state index contributed by atoms with van der Waals surface area (Å²) in [6.07, 6.45) is 0. The molecule has 5 heteroatoms. The maximum absolute atomic E-state index is 11.7. The molecule has 0 bridgehead atoms. The van der Waals surface area contributed by atoms with Gasteiger partial charge in [0.1, 0.15) is 19.0 Å². The van der Waals surface area contributed by atoms with Crippen LogP contribution in [0.3, 0.4) is 0 Å². The lowest BCUT2D eigenvalue weighted by atomic mass is 10.1. The molecule has 0 N–H and O–H groups in total. The van der Waals surface area contributed by atoms with E-state index >= 15 is 0 Å². The molecule has 0 aliphatic heterocycles. The zero-order chi connectivity index (χ0) is 15.1. The van der Waals surface area contributed by atoms with Crippen molar-refractivity contribution in [1.82, 2.24) is 0 Å². The lowest BCUT2D eigenvalue weighted by Crippen LogP contribution is -2.22. The van der Waals surface area contributed by atoms with Crippen molar-refractivity contribution in [2.24, 2.45) is 0 Å². The Morgan fingerprint density at radius 3 is 2.10 bits per heavy atom. The van der Waals surface area contributed by atoms with Crippen LogP contribution in [0.4, 0.5) is 0 Å². The summed E-state index contributed by atoms with van der Waals surface area (Å²) in [4.78, 5) is 22.3. The second-order valence-electron chi connectivity index (χ2n) is 4.16. The summed E-state index contributed by atoms with van der Waals surface area (Å²) in [6.45, 7) is 0.350. The van der Waals surface area contributed by atoms with Crippen molar-refractivity contribution in [2.45, 2.75) is 0 Å². The van der Waals surface area contributed by atoms with Gasteiger partial charge in [0.15, 0.2) is 0 Å². The van der Waals surface area contributed by atoms with Gasteiger partial charge in [-0.3, -0.25) is 0 Å². The molecule has 0 aliphatic carbocycles. The molecule has 2 rings (SSSR count).